The second-order valence-corrected chi connectivity index (χ2v) is 5.16. The fourth-order valence-electron chi connectivity index (χ4n) is 2.87. The molecule has 0 bridgehead atoms. The first-order chi connectivity index (χ1) is 10.3. The number of rotatable bonds is 1. The predicted molar refractivity (Wildman–Crippen MR) is 81.2 cm³/mol. The number of hydrogen-bond acceptors (Lipinski definition) is 3. The molecule has 3 heteroatoms. The van der Waals surface area contributed by atoms with Crippen molar-refractivity contribution in [2.24, 2.45) is 0 Å². The highest BCUT2D eigenvalue weighted by atomic mass is 16.5. The Balaban J connectivity index is 1.94. The van der Waals surface area contributed by atoms with E-state index in [0.717, 1.165) is 33.9 Å². The van der Waals surface area contributed by atoms with Gasteiger partial charge in [-0.2, -0.15) is 0 Å². The minimum atomic E-state index is -0.224. The Hall–Kier alpha value is -2.68. The molecule has 21 heavy (non-hydrogen) atoms. The zero-order valence-electron chi connectivity index (χ0n) is 11.4. The van der Waals surface area contributed by atoms with E-state index in [1.54, 1.807) is 6.20 Å². The van der Waals surface area contributed by atoms with E-state index < -0.39 is 0 Å². The van der Waals surface area contributed by atoms with E-state index in [4.69, 9.17) is 4.74 Å². The summed E-state index contributed by atoms with van der Waals surface area (Å²) in [6.07, 6.45) is 4.40. The Morgan fingerprint density at radius 2 is 2.00 bits per heavy atom. The van der Waals surface area contributed by atoms with Crippen LogP contribution in [0.1, 0.15) is 15.9 Å². The van der Waals surface area contributed by atoms with Crippen LogP contribution in [0.4, 0.5) is 0 Å². The Bertz CT molecular complexity index is 855. The highest BCUT2D eigenvalue weighted by Gasteiger charge is 2.22. The fourth-order valence-corrected chi connectivity index (χ4v) is 2.87. The van der Waals surface area contributed by atoms with E-state index in [9.17, 15) is 4.79 Å². The molecule has 2 heterocycles. The summed E-state index contributed by atoms with van der Waals surface area (Å²) in [6, 6.07) is 14.1. The van der Waals surface area contributed by atoms with Crippen LogP contribution in [-0.4, -0.2) is 17.6 Å². The van der Waals surface area contributed by atoms with E-state index in [2.05, 4.69) is 17.1 Å². The standard InChI is InChI=1S/C18H13NO2/c20-18-17-13(7-9-21-18)2-1-3-16(17)14-5-4-12-6-8-19-11-15(12)10-14/h1-6,8,10-11H,7,9H2. The summed E-state index contributed by atoms with van der Waals surface area (Å²) in [5.41, 5.74) is 3.72. The Morgan fingerprint density at radius 3 is 2.95 bits per heavy atom. The van der Waals surface area contributed by atoms with E-state index in [0.29, 0.717) is 12.2 Å². The maximum atomic E-state index is 12.1. The minimum Gasteiger partial charge on any atom is -0.462 e. The quantitative estimate of drug-likeness (QED) is 0.637. The van der Waals surface area contributed by atoms with Gasteiger partial charge in [-0.25, -0.2) is 4.79 Å². The summed E-state index contributed by atoms with van der Waals surface area (Å²) in [5, 5.41) is 2.21. The monoisotopic (exact) mass is 275 g/mol. The van der Waals surface area contributed by atoms with Crippen LogP contribution >= 0.6 is 0 Å². The van der Waals surface area contributed by atoms with Crippen molar-refractivity contribution in [3.05, 3.63) is 66.0 Å². The summed E-state index contributed by atoms with van der Waals surface area (Å²) in [5.74, 6) is -0.224. The molecular formula is C18H13NO2. The molecule has 1 aromatic heterocycles. The molecule has 0 fully saturated rings. The van der Waals surface area contributed by atoms with Gasteiger partial charge in [0.25, 0.3) is 0 Å². The van der Waals surface area contributed by atoms with Gasteiger partial charge in [-0.1, -0.05) is 30.3 Å². The Kier molecular flexibility index (Phi) is 2.71. The number of pyridine rings is 1. The number of nitrogens with zero attached hydrogens (tertiary/aromatic N) is 1. The lowest BCUT2D eigenvalue weighted by atomic mass is 9.92. The molecule has 1 aliphatic heterocycles. The normalized spacial score (nSPS) is 13.8. The van der Waals surface area contributed by atoms with Crippen molar-refractivity contribution in [1.29, 1.82) is 0 Å². The van der Waals surface area contributed by atoms with Crippen molar-refractivity contribution in [2.45, 2.75) is 6.42 Å². The van der Waals surface area contributed by atoms with Gasteiger partial charge < -0.3 is 4.74 Å². The first-order valence-corrected chi connectivity index (χ1v) is 6.96. The molecule has 0 unspecified atom stereocenters. The lowest BCUT2D eigenvalue weighted by molar-refractivity contribution is 0.0481. The van der Waals surface area contributed by atoms with Crippen LogP contribution in [0.25, 0.3) is 21.9 Å². The second kappa shape index (κ2) is 4.70. The molecule has 0 radical (unpaired) electrons. The molecule has 1 aliphatic rings. The number of carbonyl (C=O) groups excluding carboxylic acids is 1. The zero-order valence-corrected chi connectivity index (χ0v) is 11.4. The number of benzene rings is 2. The summed E-state index contributed by atoms with van der Waals surface area (Å²) < 4.78 is 5.20. The third-order valence-electron chi connectivity index (χ3n) is 3.91. The molecule has 102 valence electrons. The van der Waals surface area contributed by atoms with Gasteiger partial charge in [0.05, 0.1) is 12.2 Å². The predicted octanol–water partition coefficient (Wildman–Crippen LogP) is 3.61. The number of ether oxygens (including phenoxy) is 1. The molecule has 0 aliphatic carbocycles. The van der Waals surface area contributed by atoms with E-state index in [-0.39, 0.29) is 5.97 Å². The molecule has 4 rings (SSSR count). The minimum absolute atomic E-state index is 0.224. The molecule has 0 atom stereocenters. The maximum Gasteiger partial charge on any atom is 0.339 e. The van der Waals surface area contributed by atoms with Gasteiger partial charge in [-0.05, 0) is 34.2 Å². The zero-order chi connectivity index (χ0) is 14.2. The van der Waals surface area contributed by atoms with Crippen LogP contribution in [-0.2, 0) is 11.2 Å². The SMILES string of the molecule is O=C1OCCc2cccc(-c3ccc4ccncc4c3)c21. The summed E-state index contributed by atoms with van der Waals surface area (Å²) in [4.78, 5) is 16.3. The van der Waals surface area contributed by atoms with E-state index >= 15 is 0 Å². The van der Waals surface area contributed by atoms with Gasteiger partial charge in [-0.3, -0.25) is 4.98 Å². The number of cyclic esters (lactones) is 1. The highest BCUT2D eigenvalue weighted by Crippen LogP contribution is 2.31. The van der Waals surface area contributed by atoms with Crippen LogP contribution in [0, 0.1) is 0 Å². The molecule has 0 amide bonds. The van der Waals surface area contributed by atoms with Crippen molar-refractivity contribution in [3.63, 3.8) is 0 Å². The molecular weight excluding hydrogens is 262 g/mol. The third-order valence-corrected chi connectivity index (χ3v) is 3.91. The lowest BCUT2D eigenvalue weighted by Gasteiger charge is -2.19. The van der Waals surface area contributed by atoms with E-state index in [1.165, 1.54) is 0 Å². The van der Waals surface area contributed by atoms with Crippen LogP contribution in [0.3, 0.4) is 0 Å². The van der Waals surface area contributed by atoms with Gasteiger partial charge in [-0.15, -0.1) is 0 Å². The number of fused-ring (bicyclic) bond motifs is 2. The molecule has 0 spiro atoms. The average molecular weight is 275 g/mol. The maximum absolute atomic E-state index is 12.1. The van der Waals surface area contributed by atoms with Gasteiger partial charge in [0.2, 0.25) is 0 Å². The van der Waals surface area contributed by atoms with Gasteiger partial charge in [0.15, 0.2) is 0 Å². The van der Waals surface area contributed by atoms with E-state index in [1.807, 2.05) is 36.5 Å². The lowest BCUT2D eigenvalue weighted by Crippen LogP contribution is -2.18. The number of aromatic nitrogens is 1. The van der Waals surface area contributed by atoms with Crippen molar-refractivity contribution < 1.29 is 9.53 Å². The Morgan fingerprint density at radius 1 is 1.05 bits per heavy atom. The molecule has 3 nitrogen and oxygen atoms in total. The summed E-state index contributed by atoms with van der Waals surface area (Å²) in [6.45, 7) is 0.469. The van der Waals surface area contributed by atoms with Crippen LogP contribution in [0.2, 0.25) is 0 Å². The van der Waals surface area contributed by atoms with Gasteiger partial charge >= 0.3 is 5.97 Å². The second-order valence-electron chi connectivity index (χ2n) is 5.16. The van der Waals surface area contributed by atoms with Gasteiger partial charge in [0, 0.05) is 24.2 Å². The topological polar surface area (TPSA) is 39.2 Å². The molecule has 0 N–H and O–H groups in total. The largest absolute Gasteiger partial charge is 0.462 e. The summed E-state index contributed by atoms with van der Waals surface area (Å²) in [7, 11) is 0. The molecule has 0 saturated heterocycles. The first kappa shape index (κ1) is 12.1. The number of esters is 1. The van der Waals surface area contributed by atoms with Crippen LogP contribution < -0.4 is 0 Å². The summed E-state index contributed by atoms with van der Waals surface area (Å²) >= 11 is 0. The third kappa shape index (κ3) is 1.98. The van der Waals surface area contributed by atoms with Crippen molar-refractivity contribution in [2.75, 3.05) is 6.61 Å². The van der Waals surface area contributed by atoms with Crippen LogP contribution in [0.15, 0.2) is 54.9 Å². The van der Waals surface area contributed by atoms with Crippen LogP contribution in [0.5, 0.6) is 0 Å². The Labute approximate surface area is 122 Å². The molecule has 3 aromatic rings. The number of carbonyl (C=O) groups is 1. The number of hydrogen-bond donors (Lipinski definition) is 0. The molecule has 2 aromatic carbocycles. The van der Waals surface area contributed by atoms with Crippen molar-refractivity contribution in [1.82, 2.24) is 4.98 Å². The molecule has 0 saturated carbocycles. The fraction of sp³-hybridized carbons (Fsp3) is 0.111. The average Bonchev–Trinajstić information content (AvgIpc) is 2.54. The van der Waals surface area contributed by atoms with Gasteiger partial charge in [0.1, 0.15) is 0 Å². The van der Waals surface area contributed by atoms with Crippen molar-refractivity contribution in [3.8, 4) is 11.1 Å². The highest BCUT2D eigenvalue weighted by molar-refractivity contribution is 6.00. The van der Waals surface area contributed by atoms with Crippen molar-refractivity contribution >= 4 is 16.7 Å². The first-order valence-electron chi connectivity index (χ1n) is 6.96. The smallest absolute Gasteiger partial charge is 0.339 e.